The van der Waals surface area contributed by atoms with Gasteiger partial charge in [-0.2, -0.15) is 5.10 Å². The van der Waals surface area contributed by atoms with Gasteiger partial charge in [-0.3, -0.25) is 14.4 Å². The second-order valence-corrected chi connectivity index (χ2v) is 8.91. The van der Waals surface area contributed by atoms with E-state index < -0.39 is 0 Å². The molecule has 3 heterocycles. The lowest BCUT2D eigenvalue weighted by Gasteiger charge is -2.32. The zero-order chi connectivity index (χ0) is 21.1. The number of likely N-dealkylation sites (N-methyl/N-ethyl adjacent to an activating group) is 1. The van der Waals surface area contributed by atoms with Crippen molar-refractivity contribution in [3.8, 4) is 10.6 Å². The first-order chi connectivity index (χ1) is 14.5. The largest absolute Gasteiger partial charge is 0.347 e. The van der Waals surface area contributed by atoms with Crippen LogP contribution >= 0.6 is 11.3 Å². The number of aryl methyl sites for hydroxylation is 2. The maximum absolute atomic E-state index is 12.7. The lowest BCUT2D eigenvalue weighted by Crippen LogP contribution is -2.43. The van der Waals surface area contributed by atoms with Crippen LogP contribution in [0.3, 0.4) is 0 Å². The van der Waals surface area contributed by atoms with Gasteiger partial charge in [0.1, 0.15) is 9.88 Å². The van der Waals surface area contributed by atoms with Crippen molar-refractivity contribution in [2.24, 2.45) is 7.05 Å². The molecule has 0 radical (unpaired) electrons. The molecule has 1 amide bonds. The van der Waals surface area contributed by atoms with Crippen molar-refractivity contribution in [3.63, 3.8) is 0 Å². The molecule has 1 aliphatic heterocycles. The number of aromatic nitrogens is 3. The molecule has 0 atom stereocenters. The Morgan fingerprint density at radius 1 is 1.10 bits per heavy atom. The molecule has 1 saturated heterocycles. The van der Waals surface area contributed by atoms with Crippen LogP contribution in [0.2, 0.25) is 0 Å². The number of thiazole rings is 1. The van der Waals surface area contributed by atoms with Crippen LogP contribution in [0.4, 0.5) is 0 Å². The number of carbonyl (C=O) groups excluding carboxylic acids is 1. The van der Waals surface area contributed by atoms with Crippen LogP contribution in [0.5, 0.6) is 0 Å². The van der Waals surface area contributed by atoms with Gasteiger partial charge in [0.2, 0.25) is 0 Å². The molecule has 30 heavy (non-hydrogen) atoms. The van der Waals surface area contributed by atoms with Crippen molar-refractivity contribution in [2.75, 3.05) is 33.2 Å². The minimum absolute atomic E-state index is 0.0818. The lowest BCUT2D eigenvalue weighted by atomic mass is 10.1. The van der Waals surface area contributed by atoms with Crippen molar-refractivity contribution in [1.29, 1.82) is 0 Å². The maximum Gasteiger partial charge on any atom is 0.263 e. The van der Waals surface area contributed by atoms with Crippen LogP contribution in [0.15, 0.2) is 36.7 Å². The molecule has 158 valence electrons. The summed E-state index contributed by atoms with van der Waals surface area (Å²) >= 11 is 1.41. The normalized spacial score (nSPS) is 15.4. The van der Waals surface area contributed by atoms with Crippen LogP contribution in [0, 0.1) is 6.92 Å². The van der Waals surface area contributed by atoms with Crippen molar-refractivity contribution >= 4 is 17.2 Å². The molecule has 0 spiro atoms. The van der Waals surface area contributed by atoms with E-state index in [0.29, 0.717) is 11.4 Å². The molecule has 0 saturated carbocycles. The Hall–Kier alpha value is -2.55. The standard InChI is InChI=1S/C22H28N6OS/c1-16-20(30-22(25-16)19-13-24-27(3)15-19)21(29)23-12-17-4-6-18(7-5-17)14-28-10-8-26(2)9-11-28/h4-7,13,15H,8-12,14H2,1-3H3,(H,23,29). The summed E-state index contributed by atoms with van der Waals surface area (Å²) in [6.07, 6.45) is 3.67. The third-order valence-corrected chi connectivity index (χ3v) is 6.64. The number of nitrogens with zero attached hydrogens (tertiary/aromatic N) is 5. The highest BCUT2D eigenvalue weighted by atomic mass is 32.1. The highest BCUT2D eigenvalue weighted by Crippen LogP contribution is 2.27. The molecule has 0 aliphatic carbocycles. The van der Waals surface area contributed by atoms with E-state index in [1.807, 2.05) is 20.2 Å². The van der Waals surface area contributed by atoms with E-state index in [9.17, 15) is 4.79 Å². The average Bonchev–Trinajstić information content (AvgIpc) is 3.34. The molecule has 3 aromatic rings. The fraction of sp³-hybridized carbons (Fsp3) is 0.409. The van der Waals surface area contributed by atoms with Crippen LogP contribution in [-0.2, 0) is 20.1 Å². The van der Waals surface area contributed by atoms with Gasteiger partial charge in [-0.15, -0.1) is 11.3 Å². The fourth-order valence-electron chi connectivity index (χ4n) is 3.55. The van der Waals surface area contributed by atoms with Crippen molar-refractivity contribution in [1.82, 2.24) is 29.9 Å². The first-order valence-corrected chi connectivity index (χ1v) is 11.0. The summed E-state index contributed by atoms with van der Waals surface area (Å²) in [5.41, 5.74) is 4.09. The topological polar surface area (TPSA) is 66.3 Å². The average molecular weight is 425 g/mol. The third kappa shape index (κ3) is 4.95. The smallest absolute Gasteiger partial charge is 0.263 e. The minimum Gasteiger partial charge on any atom is -0.347 e. The Bertz CT molecular complexity index is 1000. The van der Waals surface area contributed by atoms with E-state index in [2.05, 4.69) is 56.5 Å². The molecule has 1 aromatic carbocycles. The van der Waals surface area contributed by atoms with Crippen LogP contribution in [0.1, 0.15) is 26.5 Å². The van der Waals surface area contributed by atoms with Gasteiger partial charge in [-0.25, -0.2) is 4.98 Å². The monoisotopic (exact) mass is 424 g/mol. The number of hydrogen-bond acceptors (Lipinski definition) is 6. The molecule has 2 aromatic heterocycles. The Morgan fingerprint density at radius 3 is 2.47 bits per heavy atom. The van der Waals surface area contributed by atoms with Crippen molar-refractivity contribution in [2.45, 2.75) is 20.0 Å². The molecule has 1 fully saturated rings. The van der Waals surface area contributed by atoms with Crippen LogP contribution in [-0.4, -0.2) is 63.7 Å². The molecule has 1 aliphatic rings. The number of rotatable bonds is 6. The minimum atomic E-state index is -0.0818. The van der Waals surface area contributed by atoms with Gasteiger partial charge < -0.3 is 10.2 Å². The lowest BCUT2D eigenvalue weighted by molar-refractivity contribution is 0.0954. The number of hydrogen-bond donors (Lipinski definition) is 1. The number of piperazine rings is 1. The van der Waals surface area contributed by atoms with Gasteiger partial charge in [0.25, 0.3) is 5.91 Å². The van der Waals surface area contributed by atoms with E-state index in [1.54, 1.807) is 10.9 Å². The summed E-state index contributed by atoms with van der Waals surface area (Å²) in [6.45, 7) is 7.85. The molecule has 0 bridgehead atoms. The van der Waals surface area contributed by atoms with Gasteiger partial charge in [0.15, 0.2) is 0 Å². The molecule has 7 nitrogen and oxygen atoms in total. The predicted octanol–water partition coefficient (Wildman–Crippen LogP) is 2.53. The fourth-order valence-corrected chi connectivity index (χ4v) is 4.51. The number of amides is 1. The first kappa shape index (κ1) is 20.7. The Balaban J connectivity index is 1.32. The van der Waals surface area contributed by atoms with Gasteiger partial charge in [-0.1, -0.05) is 24.3 Å². The SMILES string of the molecule is Cc1nc(-c2cnn(C)c2)sc1C(=O)NCc1ccc(CN2CCN(C)CC2)cc1. The second kappa shape index (κ2) is 9.07. The number of benzene rings is 1. The summed E-state index contributed by atoms with van der Waals surface area (Å²) in [5, 5.41) is 8.02. The Kier molecular flexibility index (Phi) is 6.26. The highest BCUT2D eigenvalue weighted by Gasteiger charge is 2.17. The number of nitrogens with one attached hydrogen (secondary N) is 1. The van der Waals surface area contributed by atoms with Crippen molar-refractivity contribution in [3.05, 3.63) is 58.4 Å². The van der Waals surface area contributed by atoms with Crippen LogP contribution in [0.25, 0.3) is 10.6 Å². The molecule has 8 heteroatoms. The second-order valence-electron chi connectivity index (χ2n) is 7.91. The van der Waals surface area contributed by atoms with E-state index in [4.69, 9.17) is 0 Å². The quantitative estimate of drug-likeness (QED) is 0.659. The van der Waals surface area contributed by atoms with E-state index in [0.717, 1.165) is 54.6 Å². The van der Waals surface area contributed by atoms with Gasteiger partial charge in [-0.05, 0) is 25.1 Å². The molecular formula is C22H28N6OS. The predicted molar refractivity (Wildman–Crippen MR) is 119 cm³/mol. The summed E-state index contributed by atoms with van der Waals surface area (Å²) in [5.74, 6) is -0.0818. The van der Waals surface area contributed by atoms with Gasteiger partial charge in [0.05, 0.1) is 11.9 Å². The van der Waals surface area contributed by atoms with Gasteiger partial charge in [0, 0.05) is 58.1 Å². The zero-order valence-electron chi connectivity index (χ0n) is 17.8. The van der Waals surface area contributed by atoms with Crippen LogP contribution < -0.4 is 5.32 Å². The summed E-state index contributed by atoms with van der Waals surface area (Å²) in [7, 11) is 4.04. The highest BCUT2D eigenvalue weighted by molar-refractivity contribution is 7.17. The Labute approximate surface area is 181 Å². The molecule has 4 rings (SSSR count). The Morgan fingerprint density at radius 2 is 1.80 bits per heavy atom. The zero-order valence-corrected chi connectivity index (χ0v) is 18.6. The molecule has 0 unspecified atom stereocenters. The molecular weight excluding hydrogens is 396 g/mol. The third-order valence-electron chi connectivity index (χ3n) is 5.43. The summed E-state index contributed by atoms with van der Waals surface area (Å²) in [4.78, 5) is 22.7. The summed E-state index contributed by atoms with van der Waals surface area (Å²) in [6, 6.07) is 8.54. The van der Waals surface area contributed by atoms with Crippen molar-refractivity contribution < 1.29 is 4.79 Å². The summed E-state index contributed by atoms with van der Waals surface area (Å²) < 4.78 is 1.74. The number of carbonyl (C=O) groups is 1. The maximum atomic E-state index is 12.7. The molecule has 1 N–H and O–H groups in total. The van der Waals surface area contributed by atoms with E-state index >= 15 is 0 Å². The van der Waals surface area contributed by atoms with E-state index in [-0.39, 0.29) is 5.91 Å². The van der Waals surface area contributed by atoms with E-state index in [1.165, 1.54) is 16.9 Å². The first-order valence-electron chi connectivity index (χ1n) is 10.2. The van der Waals surface area contributed by atoms with Gasteiger partial charge >= 0.3 is 0 Å².